The highest BCUT2D eigenvalue weighted by molar-refractivity contribution is 7.99. The third-order valence-corrected chi connectivity index (χ3v) is 6.12. The molecule has 1 N–H and O–H groups in total. The lowest BCUT2D eigenvalue weighted by Crippen LogP contribution is -2.27. The summed E-state index contributed by atoms with van der Waals surface area (Å²) in [6.45, 7) is 0. The highest BCUT2D eigenvalue weighted by atomic mass is 32.2. The lowest BCUT2D eigenvalue weighted by Gasteiger charge is -2.18. The van der Waals surface area contributed by atoms with Gasteiger partial charge in [0.2, 0.25) is 5.91 Å². The smallest absolute Gasteiger partial charge is 0.262 e. The van der Waals surface area contributed by atoms with Crippen LogP contribution in [0.15, 0.2) is 58.5 Å². The van der Waals surface area contributed by atoms with Crippen molar-refractivity contribution in [1.82, 2.24) is 9.55 Å². The number of hydrogen-bond acceptors (Lipinski definition) is 5. The molecule has 29 heavy (non-hydrogen) atoms. The van der Waals surface area contributed by atoms with Crippen molar-refractivity contribution in [3.8, 4) is 5.75 Å². The van der Waals surface area contributed by atoms with Crippen LogP contribution in [0.1, 0.15) is 31.7 Å². The Labute approximate surface area is 173 Å². The number of nitrogens with one attached hydrogen (secondary N) is 1. The number of carbonyl (C=O) groups excluding carboxylic acids is 1. The van der Waals surface area contributed by atoms with E-state index in [0.29, 0.717) is 21.7 Å². The Balaban J connectivity index is 1.55. The van der Waals surface area contributed by atoms with E-state index in [1.165, 1.54) is 11.8 Å². The Morgan fingerprint density at radius 3 is 2.62 bits per heavy atom. The van der Waals surface area contributed by atoms with Gasteiger partial charge >= 0.3 is 0 Å². The number of nitrogens with zero attached hydrogens (tertiary/aromatic N) is 2. The summed E-state index contributed by atoms with van der Waals surface area (Å²) in [5, 5.41) is 4.12. The second-order valence-corrected chi connectivity index (χ2v) is 8.03. The van der Waals surface area contributed by atoms with Gasteiger partial charge in [-0.2, -0.15) is 0 Å². The molecule has 1 aliphatic rings. The third kappa shape index (κ3) is 4.29. The minimum Gasteiger partial charge on any atom is -0.497 e. The van der Waals surface area contributed by atoms with Gasteiger partial charge < -0.3 is 10.1 Å². The average molecular weight is 410 g/mol. The van der Waals surface area contributed by atoms with Crippen molar-refractivity contribution in [1.29, 1.82) is 0 Å². The van der Waals surface area contributed by atoms with Crippen LogP contribution < -0.4 is 15.6 Å². The van der Waals surface area contributed by atoms with Crippen molar-refractivity contribution in [3.05, 3.63) is 58.9 Å². The first-order valence-electron chi connectivity index (χ1n) is 9.73. The van der Waals surface area contributed by atoms with Gasteiger partial charge in [-0.05, 0) is 49.2 Å². The van der Waals surface area contributed by atoms with E-state index in [4.69, 9.17) is 9.72 Å². The molecule has 7 heteroatoms. The maximum absolute atomic E-state index is 13.1. The van der Waals surface area contributed by atoms with Crippen LogP contribution in [-0.2, 0) is 4.79 Å². The molecule has 6 nitrogen and oxygen atoms in total. The van der Waals surface area contributed by atoms with Crippen molar-refractivity contribution in [2.45, 2.75) is 36.9 Å². The predicted molar refractivity (Wildman–Crippen MR) is 116 cm³/mol. The third-order valence-electron chi connectivity index (χ3n) is 5.17. The summed E-state index contributed by atoms with van der Waals surface area (Å²) in [5.41, 5.74) is 1.36. The molecule has 4 rings (SSSR count). The second kappa shape index (κ2) is 8.69. The minimum absolute atomic E-state index is 0.0134. The Kier molecular flexibility index (Phi) is 5.85. The number of fused-ring (bicyclic) bond motifs is 1. The number of rotatable bonds is 6. The molecule has 0 aliphatic heterocycles. The summed E-state index contributed by atoms with van der Waals surface area (Å²) < 4.78 is 6.94. The molecule has 2 aromatic carbocycles. The standard InChI is InChI=1S/C22H23N3O3S/c1-28-17-12-10-15(11-13-17)23-20(26)14-29-22-24-19-9-5-4-8-18(19)21(27)25(22)16-6-2-3-7-16/h4-5,8-13,16H,2-3,6-7,14H2,1H3,(H,23,26). The van der Waals surface area contributed by atoms with Gasteiger partial charge in [-0.15, -0.1) is 0 Å². The van der Waals surface area contributed by atoms with Crippen LogP contribution in [0.4, 0.5) is 5.69 Å². The van der Waals surface area contributed by atoms with Gasteiger partial charge in [0.05, 0.1) is 23.8 Å². The van der Waals surface area contributed by atoms with Gasteiger partial charge in [0.15, 0.2) is 5.16 Å². The normalized spacial score (nSPS) is 14.2. The summed E-state index contributed by atoms with van der Waals surface area (Å²) >= 11 is 1.31. The molecule has 1 aromatic heterocycles. The molecule has 0 saturated heterocycles. The van der Waals surface area contributed by atoms with Crippen LogP contribution in [0, 0.1) is 0 Å². The summed E-state index contributed by atoms with van der Waals surface area (Å²) in [7, 11) is 1.60. The monoisotopic (exact) mass is 409 g/mol. The Hall–Kier alpha value is -2.80. The lowest BCUT2D eigenvalue weighted by molar-refractivity contribution is -0.113. The minimum atomic E-state index is -0.138. The van der Waals surface area contributed by atoms with Crippen LogP contribution in [0.2, 0.25) is 0 Å². The zero-order valence-corrected chi connectivity index (χ0v) is 17.1. The molecule has 1 heterocycles. The van der Waals surface area contributed by atoms with Crippen LogP contribution >= 0.6 is 11.8 Å². The summed E-state index contributed by atoms with van der Waals surface area (Å²) in [4.78, 5) is 30.3. The molecular weight excluding hydrogens is 386 g/mol. The Morgan fingerprint density at radius 1 is 1.17 bits per heavy atom. The maximum atomic E-state index is 13.1. The van der Waals surface area contributed by atoms with Crippen LogP contribution in [-0.4, -0.2) is 28.3 Å². The summed E-state index contributed by atoms with van der Waals surface area (Å²) in [5.74, 6) is 0.780. The fourth-order valence-electron chi connectivity index (χ4n) is 3.71. The number of para-hydroxylation sites is 1. The van der Waals surface area contributed by atoms with Gasteiger partial charge in [-0.1, -0.05) is 36.7 Å². The summed E-state index contributed by atoms with van der Waals surface area (Å²) in [6, 6.07) is 14.7. The first kappa shape index (κ1) is 19.5. The molecule has 3 aromatic rings. The Bertz CT molecular complexity index is 1070. The van der Waals surface area contributed by atoms with Crippen LogP contribution in [0.25, 0.3) is 10.9 Å². The van der Waals surface area contributed by atoms with Gasteiger partial charge in [0, 0.05) is 11.7 Å². The fourth-order valence-corrected chi connectivity index (χ4v) is 4.58. The second-order valence-electron chi connectivity index (χ2n) is 7.09. The molecule has 1 fully saturated rings. The van der Waals surface area contributed by atoms with Crippen LogP contribution in [0.3, 0.4) is 0 Å². The topological polar surface area (TPSA) is 73.2 Å². The zero-order valence-electron chi connectivity index (χ0n) is 16.3. The number of benzene rings is 2. The molecule has 0 unspecified atom stereocenters. The number of carbonyl (C=O) groups is 1. The van der Waals surface area contributed by atoms with Crippen molar-refractivity contribution >= 4 is 34.3 Å². The van der Waals surface area contributed by atoms with Gasteiger partial charge in [0.25, 0.3) is 5.56 Å². The number of aromatic nitrogens is 2. The van der Waals surface area contributed by atoms with E-state index in [9.17, 15) is 9.59 Å². The number of thioether (sulfide) groups is 1. The van der Waals surface area contributed by atoms with E-state index in [-0.39, 0.29) is 23.3 Å². The van der Waals surface area contributed by atoms with Crippen LogP contribution in [0.5, 0.6) is 5.75 Å². The van der Waals surface area contributed by atoms with Crippen molar-refractivity contribution < 1.29 is 9.53 Å². The molecule has 0 spiro atoms. The van der Waals surface area contributed by atoms with E-state index in [1.54, 1.807) is 35.9 Å². The largest absolute Gasteiger partial charge is 0.497 e. The summed E-state index contributed by atoms with van der Waals surface area (Å²) in [6.07, 6.45) is 4.19. The molecule has 1 saturated carbocycles. The van der Waals surface area contributed by atoms with Crippen molar-refractivity contribution in [3.63, 3.8) is 0 Å². The fraction of sp³-hybridized carbons (Fsp3) is 0.318. The highest BCUT2D eigenvalue weighted by Crippen LogP contribution is 2.32. The highest BCUT2D eigenvalue weighted by Gasteiger charge is 2.23. The number of anilines is 1. The van der Waals surface area contributed by atoms with Gasteiger partial charge in [0.1, 0.15) is 5.75 Å². The average Bonchev–Trinajstić information content (AvgIpc) is 3.27. The van der Waals surface area contributed by atoms with Gasteiger partial charge in [-0.3, -0.25) is 14.2 Å². The molecule has 0 atom stereocenters. The maximum Gasteiger partial charge on any atom is 0.262 e. The lowest BCUT2D eigenvalue weighted by atomic mass is 10.2. The van der Waals surface area contributed by atoms with E-state index in [1.807, 2.05) is 24.3 Å². The van der Waals surface area contributed by atoms with E-state index in [2.05, 4.69) is 5.32 Å². The molecule has 0 radical (unpaired) electrons. The zero-order chi connectivity index (χ0) is 20.2. The van der Waals surface area contributed by atoms with E-state index < -0.39 is 0 Å². The van der Waals surface area contributed by atoms with E-state index in [0.717, 1.165) is 31.4 Å². The predicted octanol–water partition coefficient (Wildman–Crippen LogP) is 4.25. The SMILES string of the molecule is COc1ccc(NC(=O)CSc2nc3ccccc3c(=O)n2C2CCCC2)cc1. The quantitative estimate of drug-likeness (QED) is 0.487. The number of ether oxygens (including phenoxy) is 1. The molecule has 1 aliphatic carbocycles. The first-order chi connectivity index (χ1) is 14.2. The van der Waals surface area contributed by atoms with Crippen molar-refractivity contribution in [2.75, 3.05) is 18.2 Å². The van der Waals surface area contributed by atoms with Crippen molar-refractivity contribution in [2.24, 2.45) is 0 Å². The molecule has 150 valence electrons. The van der Waals surface area contributed by atoms with E-state index >= 15 is 0 Å². The van der Waals surface area contributed by atoms with Gasteiger partial charge in [-0.25, -0.2) is 4.98 Å². The number of methoxy groups -OCH3 is 1. The molecular formula is C22H23N3O3S. The number of hydrogen-bond donors (Lipinski definition) is 1. The molecule has 1 amide bonds. The number of amides is 1. The molecule has 0 bridgehead atoms. The first-order valence-corrected chi connectivity index (χ1v) is 10.7. The Morgan fingerprint density at radius 2 is 1.90 bits per heavy atom.